The number of carbonyl (C=O) groups is 2. The highest BCUT2D eigenvalue weighted by Crippen LogP contribution is 2.12. The summed E-state index contributed by atoms with van der Waals surface area (Å²) < 4.78 is 5.31. The van der Waals surface area contributed by atoms with E-state index < -0.39 is 12.1 Å². The molecule has 0 aromatic carbocycles. The van der Waals surface area contributed by atoms with E-state index in [9.17, 15) is 9.59 Å². The lowest BCUT2D eigenvalue weighted by atomic mass is 10.0. The normalized spacial score (nSPS) is 21.6. The van der Waals surface area contributed by atoms with Crippen LogP contribution in [0.2, 0.25) is 0 Å². The zero-order chi connectivity index (χ0) is 14.6. The second-order valence-corrected chi connectivity index (χ2v) is 5.56. The molecule has 19 heavy (non-hydrogen) atoms. The standard InChI is InChI=1S/C13H25N3O3/c1-8(2)11(14)13(18)16-5-6-19-7-10(16)12(17)15-9(3)4/h8-11H,5-7,14H2,1-4H3,(H,15,17)/t10?,11-/m1/s1. The molecule has 6 nitrogen and oxygen atoms in total. The van der Waals surface area contributed by atoms with Crippen molar-refractivity contribution in [3.05, 3.63) is 0 Å². The third kappa shape index (κ3) is 4.18. The molecule has 1 unspecified atom stereocenters. The van der Waals surface area contributed by atoms with Crippen molar-refractivity contribution in [2.45, 2.75) is 45.8 Å². The van der Waals surface area contributed by atoms with E-state index in [1.165, 1.54) is 0 Å². The Kier molecular flexibility index (Phi) is 5.75. The number of nitrogens with zero attached hydrogens (tertiary/aromatic N) is 1. The highest BCUT2D eigenvalue weighted by Gasteiger charge is 2.35. The predicted octanol–water partition coefficient (Wildman–Crippen LogP) is -0.278. The summed E-state index contributed by atoms with van der Waals surface area (Å²) in [5, 5.41) is 2.81. The summed E-state index contributed by atoms with van der Waals surface area (Å²) in [6, 6.07) is -1.12. The molecular weight excluding hydrogens is 246 g/mol. The minimum absolute atomic E-state index is 0.0325. The van der Waals surface area contributed by atoms with Gasteiger partial charge in [0.05, 0.1) is 19.3 Å². The van der Waals surface area contributed by atoms with Gasteiger partial charge in [-0.1, -0.05) is 13.8 Å². The van der Waals surface area contributed by atoms with Crippen LogP contribution in [-0.4, -0.2) is 54.6 Å². The molecule has 3 N–H and O–H groups in total. The van der Waals surface area contributed by atoms with Gasteiger partial charge in [0.1, 0.15) is 6.04 Å². The maximum Gasteiger partial charge on any atom is 0.245 e. The summed E-state index contributed by atoms with van der Waals surface area (Å²) in [5.74, 6) is -0.314. The fourth-order valence-electron chi connectivity index (χ4n) is 1.94. The monoisotopic (exact) mass is 271 g/mol. The molecule has 0 aromatic heterocycles. The molecule has 0 aliphatic carbocycles. The summed E-state index contributed by atoms with van der Waals surface area (Å²) in [6.07, 6.45) is 0. The summed E-state index contributed by atoms with van der Waals surface area (Å²) in [4.78, 5) is 25.9. The molecule has 6 heteroatoms. The fourth-order valence-corrected chi connectivity index (χ4v) is 1.94. The topological polar surface area (TPSA) is 84.7 Å². The van der Waals surface area contributed by atoms with E-state index in [2.05, 4.69) is 5.32 Å². The van der Waals surface area contributed by atoms with Crippen molar-refractivity contribution in [2.75, 3.05) is 19.8 Å². The van der Waals surface area contributed by atoms with Crippen LogP contribution < -0.4 is 11.1 Å². The van der Waals surface area contributed by atoms with Crippen LogP contribution in [0.15, 0.2) is 0 Å². The van der Waals surface area contributed by atoms with Crippen molar-refractivity contribution in [3.63, 3.8) is 0 Å². The summed E-state index contributed by atoms with van der Waals surface area (Å²) in [6.45, 7) is 8.65. The van der Waals surface area contributed by atoms with E-state index in [-0.39, 0.29) is 30.4 Å². The Morgan fingerprint density at radius 3 is 2.47 bits per heavy atom. The Balaban J connectivity index is 2.77. The second-order valence-electron chi connectivity index (χ2n) is 5.56. The van der Waals surface area contributed by atoms with Gasteiger partial charge in [-0.3, -0.25) is 9.59 Å². The Morgan fingerprint density at radius 2 is 1.95 bits per heavy atom. The maximum atomic E-state index is 12.3. The molecule has 1 fully saturated rings. The minimum Gasteiger partial charge on any atom is -0.377 e. The number of ether oxygens (including phenoxy) is 1. The molecule has 2 amide bonds. The van der Waals surface area contributed by atoms with Crippen molar-refractivity contribution >= 4 is 11.8 Å². The van der Waals surface area contributed by atoms with E-state index in [4.69, 9.17) is 10.5 Å². The van der Waals surface area contributed by atoms with E-state index in [0.29, 0.717) is 13.2 Å². The minimum atomic E-state index is -0.576. The van der Waals surface area contributed by atoms with E-state index in [1.807, 2.05) is 27.7 Å². The number of carbonyl (C=O) groups excluding carboxylic acids is 2. The molecule has 0 spiro atoms. The number of morpholine rings is 1. The molecule has 1 aliphatic rings. The first kappa shape index (κ1) is 15.9. The maximum absolute atomic E-state index is 12.3. The molecule has 0 bridgehead atoms. The van der Waals surface area contributed by atoms with Crippen LogP contribution >= 0.6 is 0 Å². The van der Waals surface area contributed by atoms with Crippen molar-refractivity contribution in [1.82, 2.24) is 10.2 Å². The highest BCUT2D eigenvalue weighted by atomic mass is 16.5. The Morgan fingerprint density at radius 1 is 1.32 bits per heavy atom. The smallest absolute Gasteiger partial charge is 0.245 e. The van der Waals surface area contributed by atoms with Gasteiger partial charge in [0.25, 0.3) is 0 Å². The van der Waals surface area contributed by atoms with Crippen LogP contribution in [0.1, 0.15) is 27.7 Å². The molecular formula is C13H25N3O3. The molecule has 2 atom stereocenters. The van der Waals surface area contributed by atoms with Crippen molar-refractivity contribution in [1.29, 1.82) is 0 Å². The van der Waals surface area contributed by atoms with Crippen LogP contribution in [0.3, 0.4) is 0 Å². The number of rotatable bonds is 4. The van der Waals surface area contributed by atoms with Crippen LogP contribution in [0.4, 0.5) is 0 Å². The van der Waals surface area contributed by atoms with Gasteiger partial charge in [-0.15, -0.1) is 0 Å². The predicted molar refractivity (Wildman–Crippen MR) is 72.4 cm³/mol. The third-order valence-corrected chi connectivity index (χ3v) is 3.15. The lowest BCUT2D eigenvalue weighted by Gasteiger charge is -2.37. The van der Waals surface area contributed by atoms with Gasteiger partial charge in [0, 0.05) is 12.6 Å². The second kappa shape index (κ2) is 6.86. The number of nitrogens with one attached hydrogen (secondary N) is 1. The van der Waals surface area contributed by atoms with Crippen molar-refractivity contribution < 1.29 is 14.3 Å². The Labute approximate surface area is 114 Å². The zero-order valence-corrected chi connectivity index (χ0v) is 12.2. The molecule has 1 saturated heterocycles. The Hall–Kier alpha value is -1.14. The molecule has 0 radical (unpaired) electrons. The number of hydrogen-bond acceptors (Lipinski definition) is 4. The third-order valence-electron chi connectivity index (χ3n) is 3.15. The molecule has 0 saturated carbocycles. The average Bonchev–Trinajstić information content (AvgIpc) is 2.36. The van der Waals surface area contributed by atoms with E-state index in [1.54, 1.807) is 4.90 Å². The van der Waals surface area contributed by atoms with E-state index in [0.717, 1.165) is 0 Å². The van der Waals surface area contributed by atoms with E-state index >= 15 is 0 Å². The molecule has 1 aliphatic heterocycles. The van der Waals surface area contributed by atoms with Gasteiger partial charge in [0.15, 0.2) is 0 Å². The lowest BCUT2D eigenvalue weighted by molar-refractivity contribution is -0.150. The first-order valence-electron chi connectivity index (χ1n) is 6.78. The molecule has 110 valence electrons. The van der Waals surface area contributed by atoms with Gasteiger partial charge in [-0.2, -0.15) is 0 Å². The van der Waals surface area contributed by atoms with Crippen LogP contribution in [-0.2, 0) is 14.3 Å². The fraction of sp³-hybridized carbons (Fsp3) is 0.846. The SMILES string of the molecule is CC(C)NC(=O)C1COCCN1C(=O)[C@H](N)C(C)C. The quantitative estimate of drug-likeness (QED) is 0.736. The van der Waals surface area contributed by atoms with Crippen LogP contribution in [0.5, 0.6) is 0 Å². The summed E-state index contributed by atoms with van der Waals surface area (Å²) in [7, 11) is 0. The molecule has 1 rings (SSSR count). The van der Waals surface area contributed by atoms with Gasteiger partial charge in [-0.25, -0.2) is 0 Å². The first-order valence-corrected chi connectivity index (χ1v) is 6.78. The molecule has 1 heterocycles. The van der Waals surface area contributed by atoms with Crippen LogP contribution in [0.25, 0.3) is 0 Å². The van der Waals surface area contributed by atoms with Gasteiger partial charge >= 0.3 is 0 Å². The zero-order valence-electron chi connectivity index (χ0n) is 12.2. The van der Waals surface area contributed by atoms with Gasteiger partial charge in [0.2, 0.25) is 11.8 Å². The largest absolute Gasteiger partial charge is 0.377 e. The lowest BCUT2D eigenvalue weighted by Crippen LogP contribution is -2.60. The number of hydrogen-bond donors (Lipinski definition) is 2. The summed E-state index contributed by atoms with van der Waals surface area (Å²) >= 11 is 0. The highest BCUT2D eigenvalue weighted by molar-refractivity contribution is 5.90. The average molecular weight is 271 g/mol. The Bertz CT molecular complexity index is 331. The van der Waals surface area contributed by atoms with Crippen molar-refractivity contribution in [2.24, 2.45) is 11.7 Å². The number of nitrogens with two attached hydrogens (primary N) is 1. The van der Waals surface area contributed by atoms with Crippen molar-refractivity contribution in [3.8, 4) is 0 Å². The summed E-state index contributed by atoms with van der Waals surface area (Å²) in [5.41, 5.74) is 5.89. The number of amides is 2. The van der Waals surface area contributed by atoms with Gasteiger partial charge in [-0.05, 0) is 19.8 Å². The molecule has 0 aromatic rings. The van der Waals surface area contributed by atoms with Gasteiger partial charge < -0.3 is 20.7 Å². The van der Waals surface area contributed by atoms with Crippen LogP contribution in [0, 0.1) is 5.92 Å². The first-order chi connectivity index (χ1) is 8.84.